The van der Waals surface area contributed by atoms with Crippen molar-refractivity contribution in [3.63, 3.8) is 0 Å². The van der Waals surface area contributed by atoms with Crippen LogP contribution in [0.2, 0.25) is 0 Å². The van der Waals surface area contributed by atoms with Crippen LogP contribution < -0.4 is 15.4 Å². The zero-order valence-corrected chi connectivity index (χ0v) is 21.9. The highest BCUT2D eigenvalue weighted by Gasteiger charge is 2.31. The van der Waals surface area contributed by atoms with Crippen LogP contribution >= 0.6 is 0 Å². The Morgan fingerprint density at radius 3 is 2.28 bits per heavy atom. The Bertz CT molecular complexity index is 1720. The number of rotatable bonds is 5. The predicted octanol–water partition coefficient (Wildman–Crippen LogP) is 5.31. The molecule has 3 aromatic heterocycles. The lowest BCUT2D eigenvalue weighted by Gasteiger charge is -2.17. The fourth-order valence-electron chi connectivity index (χ4n) is 5.00. The molecule has 2 N–H and O–H groups in total. The van der Waals surface area contributed by atoms with E-state index in [0.29, 0.717) is 23.7 Å². The van der Waals surface area contributed by atoms with Gasteiger partial charge in [0.05, 0.1) is 11.1 Å². The Labute approximate surface area is 225 Å². The molecule has 9 heteroatoms. The summed E-state index contributed by atoms with van der Waals surface area (Å²) in [6.07, 6.45) is 4.90. The van der Waals surface area contributed by atoms with Gasteiger partial charge >= 0.3 is 6.01 Å². The summed E-state index contributed by atoms with van der Waals surface area (Å²) in [6, 6.07) is 15.9. The van der Waals surface area contributed by atoms with Crippen molar-refractivity contribution in [3.8, 4) is 34.1 Å². The van der Waals surface area contributed by atoms with Crippen LogP contribution in [0, 0.1) is 12.8 Å². The summed E-state index contributed by atoms with van der Waals surface area (Å²) < 4.78 is 7.85. The molecule has 1 saturated heterocycles. The van der Waals surface area contributed by atoms with E-state index in [4.69, 9.17) is 10.5 Å². The maximum absolute atomic E-state index is 12.7. The Hall–Kier alpha value is -5.05. The zero-order chi connectivity index (χ0) is 27.3. The van der Waals surface area contributed by atoms with Crippen molar-refractivity contribution in [2.75, 3.05) is 17.2 Å². The van der Waals surface area contributed by atoms with Crippen LogP contribution in [0.5, 0.6) is 11.8 Å². The molecule has 1 fully saturated rings. The molecule has 1 aliphatic rings. The summed E-state index contributed by atoms with van der Waals surface area (Å²) in [6.45, 7) is 8.52. The Balaban J connectivity index is 1.41. The summed E-state index contributed by atoms with van der Waals surface area (Å²) in [5.74, 6) is 1.12. The molecular formula is C30H27N7O2. The van der Waals surface area contributed by atoms with E-state index in [-0.39, 0.29) is 17.8 Å². The highest BCUT2D eigenvalue weighted by atomic mass is 16.5. The number of nitrogen functional groups attached to an aromatic ring is 1. The lowest BCUT2D eigenvalue weighted by molar-refractivity contribution is -0.114. The van der Waals surface area contributed by atoms with Crippen LogP contribution in [0.3, 0.4) is 0 Å². The molecule has 194 valence electrons. The minimum Gasteiger partial charge on any atom is -0.424 e. The van der Waals surface area contributed by atoms with Crippen molar-refractivity contribution in [2.45, 2.75) is 13.8 Å². The van der Waals surface area contributed by atoms with Gasteiger partial charge in [-0.05, 0) is 47.9 Å². The smallest absolute Gasteiger partial charge is 0.321 e. The van der Waals surface area contributed by atoms with Crippen molar-refractivity contribution in [3.05, 3.63) is 85.0 Å². The fourth-order valence-corrected chi connectivity index (χ4v) is 5.00. The standard InChI is InChI=1S/C30H27N7O2/c1-17-13-32-30(33-14-17)39-23-11-7-20(8-12-23)24-25-27(31)34-16-35-28(25)36(4)26(24)21-5-9-22(10-6-21)37-15-18(2)19(3)29(37)38/h5-14,16,18H,3,15H2,1-2,4H3,(H2,31,34,35)/t18-/m0/s1. The number of fused-ring (bicyclic) bond motifs is 1. The minimum atomic E-state index is -0.0260. The van der Waals surface area contributed by atoms with E-state index >= 15 is 0 Å². The number of anilines is 2. The van der Waals surface area contributed by atoms with E-state index in [1.165, 1.54) is 6.33 Å². The molecule has 0 radical (unpaired) electrons. The number of aryl methyl sites for hydroxylation is 2. The van der Waals surface area contributed by atoms with E-state index in [1.807, 2.05) is 74.0 Å². The number of amides is 1. The molecule has 5 aromatic rings. The van der Waals surface area contributed by atoms with Gasteiger partial charge in [-0.3, -0.25) is 4.79 Å². The molecule has 1 atom stereocenters. The first kappa shape index (κ1) is 24.3. The van der Waals surface area contributed by atoms with Crippen LogP contribution in [-0.4, -0.2) is 37.0 Å². The molecule has 0 saturated carbocycles. The van der Waals surface area contributed by atoms with E-state index in [1.54, 1.807) is 17.3 Å². The Morgan fingerprint density at radius 1 is 0.974 bits per heavy atom. The van der Waals surface area contributed by atoms with Gasteiger partial charge in [-0.2, -0.15) is 0 Å². The highest BCUT2D eigenvalue weighted by Crippen LogP contribution is 2.42. The molecular weight excluding hydrogens is 490 g/mol. The Morgan fingerprint density at radius 2 is 1.64 bits per heavy atom. The number of carbonyl (C=O) groups excluding carboxylic acids is 1. The van der Waals surface area contributed by atoms with Crippen LogP contribution in [0.25, 0.3) is 33.4 Å². The minimum absolute atomic E-state index is 0.0260. The quantitative estimate of drug-likeness (QED) is 0.314. The van der Waals surface area contributed by atoms with Crippen molar-refractivity contribution >= 4 is 28.4 Å². The monoisotopic (exact) mass is 517 g/mol. The van der Waals surface area contributed by atoms with Crippen molar-refractivity contribution < 1.29 is 9.53 Å². The number of aromatic nitrogens is 5. The molecule has 0 unspecified atom stereocenters. The first-order chi connectivity index (χ1) is 18.8. The summed E-state index contributed by atoms with van der Waals surface area (Å²) in [5.41, 5.74) is 13.3. The van der Waals surface area contributed by atoms with Gasteiger partial charge in [0.25, 0.3) is 5.91 Å². The van der Waals surface area contributed by atoms with Gasteiger partial charge in [0, 0.05) is 48.7 Å². The molecule has 4 heterocycles. The molecule has 1 aliphatic heterocycles. The van der Waals surface area contributed by atoms with Gasteiger partial charge in [0.2, 0.25) is 0 Å². The van der Waals surface area contributed by atoms with E-state index in [9.17, 15) is 4.79 Å². The molecule has 0 bridgehead atoms. The van der Waals surface area contributed by atoms with Crippen LogP contribution in [-0.2, 0) is 11.8 Å². The van der Waals surface area contributed by atoms with Gasteiger partial charge in [-0.25, -0.2) is 19.9 Å². The zero-order valence-electron chi connectivity index (χ0n) is 21.9. The average Bonchev–Trinajstić information content (AvgIpc) is 3.39. The van der Waals surface area contributed by atoms with Crippen molar-refractivity contribution in [2.24, 2.45) is 13.0 Å². The number of benzene rings is 2. The van der Waals surface area contributed by atoms with Gasteiger partial charge in [0.1, 0.15) is 23.5 Å². The molecule has 0 aliphatic carbocycles. The summed E-state index contributed by atoms with van der Waals surface area (Å²) in [5, 5.41) is 0.773. The van der Waals surface area contributed by atoms with Crippen LogP contribution in [0.15, 0.2) is 79.4 Å². The SMILES string of the molecule is C=C1C(=O)N(c2ccc(-c3c(-c4ccc(Oc5ncc(C)cn5)cc4)c4c(N)ncnc4n3C)cc2)C[C@@H]1C. The molecule has 1 amide bonds. The lowest BCUT2D eigenvalue weighted by Crippen LogP contribution is -2.24. The molecule has 9 nitrogen and oxygen atoms in total. The van der Waals surface area contributed by atoms with E-state index < -0.39 is 0 Å². The topological polar surface area (TPSA) is 112 Å². The molecule has 2 aromatic carbocycles. The van der Waals surface area contributed by atoms with Crippen LogP contribution in [0.4, 0.5) is 11.5 Å². The number of carbonyl (C=O) groups is 1. The fraction of sp³-hybridized carbons (Fsp3) is 0.167. The lowest BCUT2D eigenvalue weighted by atomic mass is 9.98. The van der Waals surface area contributed by atoms with Gasteiger partial charge < -0.3 is 19.9 Å². The molecule has 6 rings (SSSR count). The third kappa shape index (κ3) is 4.17. The van der Waals surface area contributed by atoms with Gasteiger partial charge in [0.15, 0.2) is 0 Å². The maximum atomic E-state index is 12.7. The third-order valence-electron chi connectivity index (χ3n) is 7.13. The second kappa shape index (κ2) is 9.36. The van der Waals surface area contributed by atoms with E-state index in [2.05, 4.69) is 26.5 Å². The number of nitrogens with zero attached hydrogens (tertiary/aromatic N) is 6. The highest BCUT2D eigenvalue weighted by molar-refractivity contribution is 6.09. The van der Waals surface area contributed by atoms with Crippen LogP contribution in [0.1, 0.15) is 12.5 Å². The largest absolute Gasteiger partial charge is 0.424 e. The first-order valence-electron chi connectivity index (χ1n) is 12.6. The summed E-state index contributed by atoms with van der Waals surface area (Å²) in [4.78, 5) is 31.7. The van der Waals surface area contributed by atoms with Gasteiger partial charge in [-0.1, -0.05) is 37.8 Å². The second-order valence-corrected chi connectivity index (χ2v) is 9.80. The number of nitrogens with two attached hydrogens (primary N) is 1. The molecule has 39 heavy (non-hydrogen) atoms. The number of ether oxygens (including phenoxy) is 1. The average molecular weight is 518 g/mol. The van der Waals surface area contributed by atoms with Gasteiger partial charge in [-0.15, -0.1) is 0 Å². The normalized spacial score (nSPS) is 15.4. The van der Waals surface area contributed by atoms with E-state index in [0.717, 1.165) is 44.7 Å². The molecule has 0 spiro atoms. The second-order valence-electron chi connectivity index (χ2n) is 9.80. The summed E-state index contributed by atoms with van der Waals surface area (Å²) >= 11 is 0. The predicted molar refractivity (Wildman–Crippen MR) is 151 cm³/mol. The van der Waals surface area contributed by atoms with Crippen molar-refractivity contribution in [1.29, 1.82) is 0 Å². The maximum Gasteiger partial charge on any atom is 0.321 e. The summed E-state index contributed by atoms with van der Waals surface area (Å²) in [7, 11) is 1.96. The Kier molecular flexibility index (Phi) is 5.83. The third-order valence-corrected chi connectivity index (χ3v) is 7.13. The first-order valence-corrected chi connectivity index (χ1v) is 12.6. The number of hydrogen-bond acceptors (Lipinski definition) is 7. The van der Waals surface area contributed by atoms with Crippen molar-refractivity contribution in [1.82, 2.24) is 24.5 Å². The number of hydrogen-bond donors (Lipinski definition) is 1.